The Hall–Kier alpha value is -2.08. The highest BCUT2D eigenvalue weighted by Crippen LogP contribution is 2.27. The second-order valence-corrected chi connectivity index (χ2v) is 6.86. The number of hydrogen-bond acceptors (Lipinski definition) is 5. The summed E-state index contributed by atoms with van der Waals surface area (Å²) < 4.78 is 15.9. The lowest BCUT2D eigenvalue weighted by Crippen LogP contribution is -2.43. The molecule has 6 heteroatoms. The van der Waals surface area contributed by atoms with Crippen LogP contribution in [0.5, 0.6) is 5.75 Å². The van der Waals surface area contributed by atoms with Crippen molar-refractivity contribution in [1.82, 2.24) is 0 Å². The van der Waals surface area contributed by atoms with Gasteiger partial charge < -0.3 is 19.5 Å². The number of esters is 1. The van der Waals surface area contributed by atoms with Gasteiger partial charge in [-0.1, -0.05) is 13.8 Å². The quantitative estimate of drug-likeness (QED) is 0.724. The van der Waals surface area contributed by atoms with Crippen LogP contribution in [0.25, 0.3) is 0 Å². The lowest BCUT2D eigenvalue weighted by Gasteiger charge is -2.28. The maximum Gasteiger partial charge on any atom is 0.341 e. The lowest BCUT2D eigenvalue weighted by atomic mass is 9.93. The van der Waals surface area contributed by atoms with Crippen molar-refractivity contribution >= 4 is 17.6 Å². The van der Waals surface area contributed by atoms with Crippen LogP contribution in [0, 0.1) is 5.92 Å². The largest absolute Gasteiger partial charge is 0.490 e. The third-order valence-electron chi connectivity index (χ3n) is 3.73. The van der Waals surface area contributed by atoms with Crippen molar-refractivity contribution in [1.29, 1.82) is 0 Å². The van der Waals surface area contributed by atoms with E-state index in [4.69, 9.17) is 14.2 Å². The summed E-state index contributed by atoms with van der Waals surface area (Å²) in [5.74, 6) is -0.0832. The molecule has 0 fully saturated rings. The Kier molecular flexibility index (Phi) is 7.42. The van der Waals surface area contributed by atoms with Crippen LogP contribution in [0.1, 0.15) is 51.4 Å². The van der Waals surface area contributed by atoms with Gasteiger partial charge in [0.05, 0.1) is 13.2 Å². The number of carbonyl (C=O) groups is 2. The molecule has 1 N–H and O–H groups in total. The van der Waals surface area contributed by atoms with E-state index in [0.29, 0.717) is 23.8 Å². The fourth-order valence-electron chi connectivity index (χ4n) is 2.54. The van der Waals surface area contributed by atoms with Gasteiger partial charge in [-0.3, -0.25) is 4.79 Å². The number of hydrogen-bond donors (Lipinski definition) is 1. The van der Waals surface area contributed by atoms with Gasteiger partial charge in [-0.25, -0.2) is 4.79 Å². The van der Waals surface area contributed by atoms with Gasteiger partial charge in [-0.15, -0.1) is 0 Å². The topological polar surface area (TPSA) is 73.9 Å². The first kappa shape index (κ1) is 21.0. The summed E-state index contributed by atoms with van der Waals surface area (Å²) in [7, 11) is 2.82. The highest BCUT2D eigenvalue weighted by Gasteiger charge is 2.34. The first-order valence-electron chi connectivity index (χ1n) is 8.38. The molecule has 1 amide bonds. The molecule has 1 rings (SSSR count). The van der Waals surface area contributed by atoms with Gasteiger partial charge in [0.2, 0.25) is 0 Å². The Morgan fingerprint density at radius 2 is 1.80 bits per heavy atom. The van der Waals surface area contributed by atoms with Crippen LogP contribution in [-0.4, -0.2) is 37.8 Å². The van der Waals surface area contributed by atoms with E-state index in [1.807, 2.05) is 27.7 Å². The number of anilines is 1. The SMILES string of the molecule is COC(=O)c1cc(NC(=O)[C@](C)(CC(C)C)OC)ccc1OC(C)C. The maximum atomic E-state index is 12.6. The second-order valence-electron chi connectivity index (χ2n) is 6.86. The second kappa shape index (κ2) is 8.85. The van der Waals surface area contributed by atoms with Gasteiger partial charge in [-0.05, 0) is 51.3 Å². The van der Waals surface area contributed by atoms with Crippen molar-refractivity contribution < 1.29 is 23.8 Å². The fraction of sp³-hybridized carbons (Fsp3) is 0.579. The van der Waals surface area contributed by atoms with Crippen molar-refractivity contribution in [2.75, 3.05) is 19.5 Å². The van der Waals surface area contributed by atoms with Crippen LogP contribution in [0.2, 0.25) is 0 Å². The molecule has 1 aromatic carbocycles. The Balaban J connectivity index is 3.09. The highest BCUT2D eigenvalue weighted by atomic mass is 16.5. The number of nitrogens with one attached hydrogen (secondary N) is 1. The van der Waals surface area contributed by atoms with Gasteiger partial charge in [0.15, 0.2) is 0 Å². The van der Waals surface area contributed by atoms with Crippen LogP contribution in [0.3, 0.4) is 0 Å². The van der Waals surface area contributed by atoms with Crippen molar-refractivity contribution in [3.05, 3.63) is 23.8 Å². The van der Waals surface area contributed by atoms with Crippen LogP contribution >= 0.6 is 0 Å². The molecule has 0 aliphatic heterocycles. The summed E-state index contributed by atoms with van der Waals surface area (Å²) in [5.41, 5.74) is -0.210. The third kappa shape index (κ3) is 5.74. The Morgan fingerprint density at radius 3 is 2.28 bits per heavy atom. The monoisotopic (exact) mass is 351 g/mol. The van der Waals surface area contributed by atoms with Gasteiger partial charge in [0, 0.05) is 12.8 Å². The summed E-state index contributed by atoms with van der Waals surface area (Å²) in [4.78, 5) is 24.6. The van der Waals surface area contributed by atoms with E-state index in [1.54, 1.807) is 25.1 Å². The van der Waals surface area contributed by atoms with E-state index in [9.17, 15) is 9.59 Å². The van der Waals surface area contributed by atoms with E-state index in [2.05, 4.69) is 5.32 Å². The molecule has 25 heavy (non-hydrogen) atoms. The van der Waals surface area contributed by atoms with Crippen molar-refractivity contribution in [3.8, 4) is 5.75 Å². The first-order valence-corrected chi connectivity index (χ1v) is 8.38. The molecule has 0 saturated carbocycles. The van der Waals surface area contributed by atoms with Crippen molar-refractivity contribution in [2.45, 2.75) is 52.7 Å². The Labute approximate surface area is 149 Å². The molecular weight excluding hydrogens is 322 g/mol. The fourth-order valence-corrected chi connectivity index (χ4v) is 2.54. The summed E-state index contributed by atoms with van der Waals surface area (Å²) in [6.45, 7) is 9.54. The third-order valence-corrected chi connectivity index (χ3v) is 3.73. The minimum absolute atomic E-state index is 0.0910. The van der Waals surface area contributed by atoms with E-state index in [1.165, 1.54) is 14.2 Å². The van der Waals surface area contributed by atoms with E-state index < -0.39 is 11.6 Å². The zero-order chi connectivity index (χ0) is 19.2. The number of rotatable bonds is 8. The number of methoxy groups -OCH3 is 2. The highest BCUT2D eigenvalue weighted by molar-refractivity contribution is 5.99. The molecule has 0 saturated heterocycles. The molecule has 0 aliphatic carbocycles. The molecule has 1 atom stereocenters. The number of carbonyl (C=O) groups excluding carboxylic acids is 2. The normalized spacial score (nSPS) is 13.5. The van der Waals surface area contributed by atoms with Gasteiger partial charge in [-0.2, -0.15) is 0 Å². The van der Waals surface area contributed by atoms with Crippen LogP contribution in [0.4, 0.5) is 5.69 Å². The lowest BCUT2D eigenvalue weighted by molar-refractivity contribution is -0.137. The molecule has 0 unspecified atom stereocenters. The summed E-state index contributed by atoms with van der Waals surface area (Å²) in [6, 6.07) is 4.88. The summed E-state index contributed by atoms with van der Waals surface area (Å²) in [6.07, 6.45) is 0.486. The molecule has 140 valence electrons. The molecule has 6 nitrogen and oxygen atoms in total. The smallest absolute Gasteiger partial charge is 0.341 e. The standard InChI is InChI=1S/C19H29NO5/c1-12(2)11-19(5,24-7)18(22)20-14-8-9-16(25-13(3)4)15(10-14)17(21)23-6/h8-10,12-13H,11H2,1-7H3,(H,20,22)/t19-/m0/s1. The number of benzene rings is 1. The zero-order valence-electron chi connectivity index (χ0n) is 16.1. The minimum Gasteiger partial charge on any atom is -0.490 e. The first-order chi connectivity index (χ1) is 11.6. The molecule has 0 aromatic heterocycles. The molecule has 0 radical (unpaired) electrons. The predicted octanol–water partition coefficient (Wildman–Crippen LogP) is 3.65. The van der Waals surface area contributed by atoms with Crippen LogP contribution < -0.4 is 10.1 Å². The average Bonchev–Trinajstić information content (AvgIpc) is 2.54. The van der Waals surface area contributed by atoms with Crippen LogP contribution in [-0.2, 0) is 14.3 Å². The average molecular weight is 351 g/mol. The van der Waals surface area contributed by atoms with Gasteiger partial charge in [0.1, 0.15) is 16.9 Å². The molecule has 0 aliphatic rings. The summed E-state index contributed by atoms with van der Waals surface area (Å²) in [5, 5.41) is 2.81. The van der Waals surface area contributed by atoms with Gasteiger partial charge >= 0.3 is 5.97 Å². The van der Waals surface area contributed by atoms with Crippen LogP contribution in [0.15, 0.2) is 18.2 Å². The molecule has 1 aromatic rings. The maximum absolute atomic E-state index is 12.6. The van der Waals surface area contributed by atoms with Gasteiger partial charge in [0.25, 0.3) is 5.91 Å². The molecule has 0 spiro atoms. The molecule has 0 heterocycles. The number of amides is 1. The van der Waals surface area contributed by atoms with E-state index in [0.717, 1.165) is 0 Å². The van der Waals surface area contributed by atoms with Crippen molar-refractivity contribution in [3.63, 3.8) is 0 Å². The number of ether oxygens (including phenoxy) is 3. The minimum atomic E-state index is -0.952. The summed E-state index contributed by atoms with van der Waals surface area (Å²) >= 11 is 0. The van der Waals surface area contributed by atoms with E-state index in [-0.39, 0.29) is 17.6 Å². The Morgan fingerprint density at radius 1 is 1.16 bits per heavy atom. The Bertz CT molecular complexity index is 612. The predicted molar refractivity (Wildman–Crippen MR) is 97.0 cm³/mol. The molecular formula is C19H29NO5. The van der Waals surface area contributed by atoms with Crippen molar-refractivity contribution in [2.24, 2.45) is 5.92 Å². The van der Waals surface area contributed by atoms with E-state index >= 15 is 0 Å². The zero-order valence-corrected chi connectivity index (χ0v) is 16.1. The molecule has 0 bridgehead atoms.